The van der Waals surface area contributed by atoms with Gasteiger partial charge < -0.3 is 14.5 Å². The number of ether oxygens (including phenoxy) is 1. The second kappa shape index (κ2) is 7.88. The summed E-state index contributed by atoms with van der Waals surface area (Å²) in [6.07, 6.45) is 1.27. The van der Waals surface area contributed by atoms with Crippen LogP contribution < -0.4 is 14.5 Å². The van der Waals surface area contributed by atoms with Crippen LogP contribution in [0.15, 0.2) is 23.1 Å². The Morgan fingerprint density at radius 3 is 2.45 bits per heavy atom. The standard InChI is InChI=1S/C18H23N5O4S2/c1-13-19-20-18(28-13)21-8-10-22(11-9-21)29(25,26)16-12-14(5-6-15(16)27-2)23-7-3-4-17(23)24/h5-6,12H,3-4,7-11H2,1-2H3. The third kappa shape index (κ3) is 3.81. The molecule has 0 saturated carbocycles. The Labute approximate surface area is 173 Å². The largest absolute Gasteiger partial charge is 0.495 e. The number of amides is 1. The molecule has 4 rings (SSSR count). The number of benzene rings is 1. The molecule has 0 unspecified atom stereocenters. The molecule has 0 bridgehead atoms. The first kappa shape index (κ1) is 20.0. The summed E-state index contributed by atoms with van der Waals surface area (Å²) in [6, 6.07) is 4.91. The number of hydrogen-bond acceptors (Lipinski definition) is 8. The van der Waals surface area contributed by atoms with Crippen molar-refractivity contribution in [2.75, 3.05) is 49.6 Å². The lowest BCUT2D eigenvalue weighted by atomic mass is 10.3. The fourth-order valence-corrected chi connectivity index (χ4v) is 5.97. The molecular formula is C18H23N5O4S2. The van der Waals surface area contributed by atoms with E-state index in [0.717, 1.165) is 16.6 Å². The highest BCUT2D eigenvalue weighted by Crippen LogP contribution is 2.33. The predicted octanol–water partition coefficient (Wildman–Crippen LogP) is 1.49. The molecule has 3 heterocycles. The van der Waals surface area contributed by atoms with Crippen LogP contribution >= 0.6 is 11.3 Å². The van der Waals surface area contributed by atoms with E-state index in [9.17, 15) is 13.2 Å². The third-order valence-electron chi connectivity index (χ3n) is 5.17. The van der Waals surface area contributed by atoms with Crippen molar-refractivity contribution in [2.24, 2.45) is 0 Å². The maximum atomic E-state index is 13.4. The Morgan fingerprint density at radius 2 is 1.86 bits per heavy atom. The Bertz CT molecular complexity index is 1020. The molecule has 1 amide bonds. The van der Waals surface area contributed by atoms with Gasteiger partial charge in [-0.3, -0.25) is 4.79 Å². The van der Waals surface area contributed by atoms with Gasteiger partial charge in [-0.05, 0) is 31.5 Å². The molecule has 2 aliphatic heterocycles. The van der Waals surface area contributed by atoms with Crippen molar-refractivity contribution in [3.8, 4) is 5.75 Å². The molecule has 156 valence electrons. The Morgan fingerprint density at radius 1 is 1.10 bits per heavy atom. The van der Waals surface area contributed by atoms with Gasteiger partial charge in [-0.2, -0.15) is 4.31 Å². The van der Waals surface area contributed by atoms with Crippen LogP contribution in [0, 0.1) is 6.92 Å². The van der Waals surface area contributed by atoms with Gasteiger partial charge in [-0.25, -0.2) is 8.42 Å². The smallest absolute Gasteiger partial charge is 0.246 e. The second-order valence-corrected chi connectivity index (χ2v) is 10.0. The number of methoxy groups -OCH3 is 1. The van der Waals surface area contributed by atoms with Crippen molar-refractivity contribution >= 4 is 38.1 Å². The molecule has 1 aromatic heterocycles. The summed E-state index contributed by atoms with van der Waals surface area (Å²) in [7, 11) is -2.31. The number of anilines is 2. The number of aryl methyl sites for hydroxylation is 1. The van der Waals surface area contributed by atoms with E-state index in [1.54, 1.807) is 23.1 Å². The molecule has 29 heavy (non-hydrogen) atoms. The van der Waals surface area contributed by atoms with Crippen molar-refractivity contribution < 1.29 is 17.9 Å². The van der Waals surface area contributed by atoms with Gasteiger partial charge in [0.2, 0.25) is 21.1 Å². The highest BCUT2D eigenvalue weighted by Gasteiger charge is 2.33. The summed E-state index contributed by atoms with van der Waals surface area (Å²) in [4.78, 5) is 15.9. The Kier molecular flexibility index (Phi) is 5.45. The molecule has 1 aromatic carbocycles. The molecule has 2 fully saturated rings. The van der Waals surface area contributed by atoms with E-state index in [0.29, 0.717) is 44.8 Å². The van der Waals surface area contributed by atoms with Gasteiger partial charge in [-0.1, -0.05) is 11.3 Å². The SMILES string of the molecule is COc1ccc(N2CCCC2=O)cc1S(=O)(=O)N1CCN(c2nnc(C)s2)CC1. The van der Waals surface area contributed by atoms with Gasteiger partial charge >= 0.3 is 0 Å². The van der Waals surface area contributed by atoms with Crippen LogP contribution in [0.1, 0.15) is 17.8 Å². The molecule has 0 N–H and O–H groups in total. The number of piperazine rings is 1. The fourth-order valence-electron chi connectivity index (χ4n) is 3.63. The minimum Gasteiger partial charge on any atom is -0.495 e. The minimum atomic E-state index is -3.76. The summed E-state index contributed by atoms with van der Waals surface area (Å²) < 4.78 is 33.5. The van der Waals surface area contributed by atoms with Crippen molar-refractivity contribution in [3.63, 3.8) is 0 Å². The van der Waals surface area contributed by atoms with E-state index < -0.39 is 10.0 Å². The summed E-state index contributed by atoms with van der Waals surface area (Å²) >= 11 is 1.50. The maximum absolute atomic E-state index is 13.4. The number of carbonyl (C=O) groups is 1. The zero-order valence-electron chi connectivity index (χ0n) is 16.4. The quantitative estimate of drug-likeness (QED) is 0.699. The van der Waals surface area contributed by atoms with Crippen LogP contribution in [0.25, 0.3) is 0 Å². The monoisotopic (exact) mass is 437 g/mol. The first-order valence-electron chi connectivity index (χ1n) is 9.44. The van der Waals surface area contributed by atoms with Crippen LogP contribution in [-0.4, -0.2) is 68.7 Å². The number of rotatable bonds is 5. The van der Waals surface area contributed by atoms with Crippen molar-refractivity contribution in [1.29, 1.82) is 0 Å². The fraction of sp³-hybridized carbons (Fsp3) is 0.500. The first-order valence-corrected chi connectivity index (χ1v) is 11.7. The Balaban J connectivity index is 1.57. The number of hydrogen-bond donors (Lipinski definition) is 0. The molecule has 9 nitrogen and oxygen atoms in total. The lowest BCUT2D eigenvalue weighted by molar-refractivity contribution is -0.117. The first-order chi connectivity index (χ1) is 13.9. The summed E-state index contributed by atoms with van der Waals surface area (Å²) in [6.45, 7) is 4.27. The van der Waals surface area contributed by atoms with E-state index >= 15 is 0 Å². The zero-order valence-corrected chi connectivity index (χ0v) is 18.0. The highest BCUT2D eigenvalue weighted by molar-refractivity contribution is 7.89. The second-order valence-electron chi connectivity index (χ2n) is 6.98. The predicted molar refractivity (Wildman–Crippen MR) is 110 cm³/mol. The van der Waals surface area contributed by atoms with E-state index in [1.165, 1.54) is 22.8 Å². The van der Waals surface area contributed by atoms with Crippen molar-refractivity contribution in [2.45, 2.75) is 24.7 Å². The Hall–Kier alpha value is -2.24. The van der Waals surface area contributed by atoms with E-state index in [4.69, 9.17) is 4.74 Å². The molecule has 0 spiro atoms. The van der Waals surface area contributed by atoms with E-state index in [2.05, 4.69) is 10.2 Å². The number of carbonyl (C=O) groups excluding carboxylic acids is 1. The van der Waals surface area contributed by atoms with Crippen LogP contribution in [-0.2, 0) is 14.8 Å². The molecule has 0 atom stereocenters. The van der Waals surface area contributed by atoms with Gasteiger partial charge in [0, 0.05) is 44.8 Å². The number of sulfonamides is 1. The lowest BCUT2D eigenvalue weighted by Gasteiger charge is -2.33. The summed E-state index contributed by atoms with van der Waals surface area (Å²) in [5.41, 5.74) is 0.592. The number of nitrogens with zero attached hydrogens (tertiary/aromatic N) is 5. The van der Waals surface area contributed by atoms with Gasteiger partial charge in [0.25, 0.3) is 0 Å². The lowest BCUT2D eigenvalue weighted by Crippen LogP contribution is -2.48. The molecule has 0 radical (unpaired) electrons. The van der Waals surface area contributed by atoms with Crippen molar-refractivity contribution in [3.05, 3.63) is 23.2 Å². The van der Waals surface area contributed by atoms with Crippen LogP contribution in [0.5, 0.6) is 5.75 Å². The van der Waals surface area contributed by atoms with Gasteiger partial charge in [0.05, 0.1) is 7.11 Å². The molecule has 2 aliphatic rings. The zero-order chi connectivity index (χ0) is 20.6. The van der Waals surface area contributed by atoms with Gasteiger partial charge in [-0.15, -0.1) is 10.2 Å². The maximum Gasteiger partial charge on any atom is 0.246 e. The van der Waals surface area contributed by atoms with Gasteiger partial charge in [0.15, 0.2) is 0 Å². The summed E-state index contributed by atoms with van der Waals surface area (Å²) in [5.74, 6) is 0.294. The van der Waals surface area contributed by atoms with Gasteiger partial charge in [0.1, 0.15) is 15.7 Å². The van der Waals surface area contributed by atoms with Crippen LogP contribution in [0.2, 0.25) is 0 Å². The molecule has 0 aliphatic carbocycles. The molecule has 2 aromatic rings. The highest BCUT2D eigenvalue weighted by atomic mass is 32.2. The minimum absolute atomic E-state index is 0.0134. The average Bonchev–Trinajstić information content (AvgIpc) is 3.36. The molecule has 2 saturated heterocycles. The van der Waals surface area contributed by atoms with Crippen molar-refractivity contribution in [1.82, 2.24) is 14.5 Å². The molecule has 11 heteroatoms. The van der Waals surface area contributed by atoms with E-state index in [1.807, 2.05) is 11.8 Å². The average molecular weight is 438 g/mol. The third-order valence-corrected chi connectivity index (χ3v) is 7.99. The number of aromatic nitrogens is 2. The van der Waals surface area contributed by atoms with Crippen LogP contribution in [0.4, 0.5) is 10.8 Å². The molecular weight excluding hydrogens is 414 g/mol. The van der Waals surface area contributed by atoms with Crippen LogP contribution in [0.3, 0.4) is 0 Å². The topological polar surface area (TPSA) is 95.9 Å². The normalized spacial score (nSPS) is 18.5. The summed E-state index contributed by atoms with van der Waals surface area (Å²) in [5, 5.41) is 9.87. The van der Waals surface area contributed by atoms with E-state index in [-0.39, 0.29) is 16.6 Å².